The van der Waals surface area contributed by atoms with Gasteiger partial charge in [0.15, 0.2) is 0 Å². The van der Waals surface area contributed by atoms with Crippen molar-refractivity contribution in [3.8, 4) is 5.75 Å². The molecule has 0 radical (unpaired) electrons. The Balaban J connectivity index is 1.73. The summed E-state index contributed by atoms with van der Waals surface area (Å²) in [6, 6.07) is 15.2. The Hall–Kier alpha value is -2.86. The van der Waals surface area contributed by atoms with Crippen LogP contribution in [0.1, 0.15) is 42.9 Å². The molecule has 2 aliphatic rings. The zero-order valence-corrected chi connectivity index (χ0v) is 19.1. The Morgan fingerprint density at radius 3 is 2.59 bits per heavy atom. The summed E-state index contributed by atoms with van der Waals surface area (Å²) in [5.41, 5.74) is 2.78. The van der Waals surface area contributed by atoms with E-state index in [-0.39, 0.29) is 23.8 Å². The van der Waals surface area contributed by atoms with Crippen LogP contribution in [-0.4, -0.2) is 50.1 Å². The fourth-order valence-corrected chi connectivity index (χ4v) is 4.89. The predicted molar refractivity (Wildman–Crippen MR) is 124 cm³/mol. The Morgan fingerprint density at radius 1 is 1.16 bits per heavy atom. The molecule has 4 rings (SSSR count). The highest BCUT2D eigenvalue weighted by atomic mass is 16.5. The molecule has 0 spiro atoms. The van der Waals surface area contributed by atoms with Crippen LogP contribution < -0.4 is 9.64 Å². The average molecular weight is 437 g/mol. The molecular weight excluding hydrogens is 404 g/mol. The number of rotatable bonds is 6. The fraction of sp³-hybridized carbons (Fsp3) is 0.462. The second-order valence-corrected chi connectivity index (χ2v) is 8.79. The summed E-state index contributed by atoms with van der Waals surface area (Å²) < 4.78 is 11.4. The number of hydrogen-bond acceptors (Lipinski definition) is 4. The minimum absolute atomic E-state index is 0.0237. The van der Waals surface area contributed by atoms with Crippen LogP contribution in [-0.2, 0) is 14.3 Å². The Kier molecular flexibility index (Phi) is 6.80. The van der Waals surface area contributed by atoms with E-state index in [1.54, 1.807) is 16.9 Å². The highest BCUT2D eigenvalue weighted by molar-refractivity contribution is 5.97. The van der Waals surface area contributed by atoms with Crippen molar-refractivity contribution in [2.75, 3.05) is 32.2 Å². The minimum atomic E-state index is -0.436. The topological polar surface area (TPSA) is 59.1 Å². The third-order valence-corrected chi connectivity index (χ3v) is 6.56. The number of para-hydroxylation sites is 1. The number of ether oxygens (including phenoxy) is 2. The predicted octanol–water partition coefficient (Wildman–Crippen LogP) is 4.13. The Morgan fingerprint density at radius 2 is 1.91 bits per heavy atom. The van der Waals surface area contributed by atoms with E-state index in [9.17, 15) is 9.59 Å². The third-order valence-electron chi connectivity index (χ3n) is 6.56. The molecule has 0 saturated carbocycles. The lowest BCUT2D eigenvalue weighted by Crippen LogP contribution is -2.49. The molecule has 2 saturated heterocycles. The number of anilines is 1. The van der Waals surface area contributed by atoms with Gasteiger partial charge in [0.1, 0.15) is 5.75 Å². The van der Waals surface area contributed by atoms with Gasteiger partial charge in [-0.15, -0.1) is 0 Å². The quantitative estimate of drug-likeness (QED) is 0.683. The van der Waals surface area contributed by atoms with Gasteiger partial charge in [0.05, 0.1) is 25.2 Å². The number of benzene rings is 2. The van der Waals surface area contributed by atoms with Crippen molar-refractivity contribution >= 4 is 17.5 Å². The standard InChI is InChI=1S/C26H32N2O4/c1-18-10-12-19(13-11-18)28-24(29)15-14-22(25(28)21-8-4-5-9-23(21)31-3)26(30)27(2)17-20-7-6-16-32-20/h4-5,8-13,20,22,25H,6-7,14-17H2,1-3H3. The second kappa shape index (κ2) is 9.74. The number of methoxy groups -OCH3 is 1. The van der Waals surface area contributed by atoms with Crippen LogP contribution in [0.5, 0.6) is 5.75 Å². The maximum absolute atomic E-state index is 13.7. The summed E-state index contributed by atoms with van der Waals surface area (Å²) in [5, 5.41) is 0. The lowest BCUT2D eigenvalue weighted by Gasteiger charge is -2.42. The molecule has 2 fully saturated rings. The first kappa shape index (κ1) is 22.3. The van der Waals surface area contributed by atoms with Crippen molar-refractivity contribution in [3.05, 3.63) is 59.7 Å². The van der Waals surface area contributed by atoms with Crippen LogP contribution >= 0.6 is 0 Å². The van der Waals surface area contributed by atoms with Crippen molar-refractivity contribution in [2.24, 2.45) is 5.92 Å². The zero-order valence-electron chi connectivity index (χ0n) is 19.1. The third kappa shape index (κ3) is 4.51. The highest BCUT2D eigenvalue weighted by Gasteiger charge is 2.43. The summed E-state index contributed by atoms with van der Waals surface area (Å²) in [6.07, 6.45) is 2.96. The molecular formula is C26H32N2O4. The second-order valence-electron chi connectivity index (χ2n) is 8.79. The molecule has 170 valence electrons. The molecule has 6 nitrogen and oxygen atoms in total. The van der Waals surface area contributed by atoms with E-state index in [0.717, 1.165) is 36.3 Å². The van der Waals surface area contributed by atoms with Gasteiger partial charge in [0.25, 0.3) is 0 Å². The van der Waals surface area contributed by atoms with Crippen LogP contribution in [0.15, 0.2) is 48.5 Å². The smallest absolute Gasteiger partial charge is 0.227 e. The SMILES string of the molecule is COc1ccccc1C1C(C(=O)N(C)CC2CCCO2)CCC(=O)N1c1ccc(C)cc1. The van der Waals surface area contributed by atoms with Crippen LogP contribution in [0.2, 0.25) is 0 Å². The van der Waals surface area contributed by atoms with E-state index in [1.807, 2.05) is 62.5 Å². The van der Waals surface area contributed by atoms with Gasteiger partial charge < -0.3 is 19.3 Å². The lowest BCUT2D eigenvalue weighted by molar-refractivity contribution is -0.138. The fourth-order valence-electron chi connectivity index (χ4n) is 4.89. The van der Waals surface area contributed by atoms with Crippen LogP contribution in [0.25, 0.3) is 0 Å². The molecule has 2 heterocycles. The first-order valence-corrected chi connectivity index (χ1v) is 11.4. The zero-order chi connectivity index (χ0) is 22.7. The van der Waals surface area contributed by atoms with E-state index in [0.29, 0.717) is 25.1 Å². The highest BCUT2D eigenvalue weighted by Crippen LogP contribution is 2.43. The largest absolute Gasteiger partial charge is 0.496 e. The van der Waals surface area contributed by atoms with Crippen LogP contribution in [0, 0.1) is 12.8 Å². The van der Waals surface area contributed by atoms with Gasteiger partial charge in [-0.3, -0.25) is 9.59 Å². The summed E-state index contributed by atoms with van der Waals surface area (Å²) in [5.74, 6) is 0.386. The number of likely N-dealkylation sites (N-methyl/N-ethyl adjacent to an activating group) is 1. The van der Waals surface area contributed by atoms with Crippen LogP contribution in [0.3, 0.4) is 0 Å². The number of hydrogen-bond donors (Lipinski definition) is 0. The van der Waals surface area contributed by atoms with E-state index >= 15 is 0 Å². The van der Waals surface area contributed by atoms with E-state index in [4.69, 9.17) is 9.47 Å². The molecule has 2 aromatic carbocycles. The Labute approximate surface area is 190 Å². The molecule has 3 atom stereocenters. The van der Waals surface area contributed by atoms with Crippen molar-refractivity contribution in [1.82, 2.24) is 4.90 Å². The van der Waals surface area contributed by atoms with Gasteiger partial charge in [-0.25, -0.2) is 0 Å². The van der Waals surface area contributed by atoms with Gasteiger partial charge >= 0.3 is 0 Å². The van der Waals surface area contributed by atoms with Gasteiger partial charge in [0.2, 0.25) is 11.8 Å². The molecule has 0 N–H and O–H groups in total. The summed E-state index contributed by atoms with van der Waals surface area (Å²) in [7, 11) is 3.47. The molecule has 0 aliphatic carbocycles. The van der Waals surface area contributed by atoms with Crippen LogP contribution in [0.4, 0.5) is 5.69 Å². The normalized spacial score (nSPS) is 23.3. The molecule has 3 unspecified atom stereocenters. The van der Waals surface area contributed by atoms with E-state index in [2.05, 4.69) is 0 Å². The molecule has 2 aromatic rings. The van der Waals surface area contributed by atoms with Gasteiger partial charge in [0, 0.05) is 37.9 Å². The molecule has 32 heavy (non-hydrogen) atoms. The number of amides is 2. The van der Waals surface area contributed by atoms with Crippen molar-refractivity contribution in [2.45, 2.75) is 44.8 Å². The maximum atomic E-state index is 13.7. The average Bonchev–Trinajstić information content (AvgIpc) is 3.32. The maximum Gasteiger partial charge on any atom is 0.227 e. The van der Waals surface area contributed by atoms with E-state index in [1.165, 1.54) is 0 Å². The summed E-state index contributed by atoms with van der Waals surface area (Å²) in [4.78, 5) is 30.5. The number of carbonyl (C=O) groups excluding carboxylic acids is 2. The van der Waals surface area contributed by atoms with Crippen molar-refractivity contribution in [3.63, 3.8) is 0 Å². The summed E-state index contributed by atoms with van der Waals surface area (Å²) >= 11 is 0. The molecule has 6 heteroatoms. The monoisotopic (exact) mass is 436 g/mol. The number of piperidine rings is 1. The number of aryl methyl sites for hydroxylation is 1. The number of carbonyl (C=O) groups is 2. The molecule has 0 bridgehead atoms. The first-order chi connectivity index (χ1) is 15.5. The summed E-state index contributed by atoms with van der Waals surface area (Å²) in [6.45, 7) is 3.36. The minimum Gasteiger partial charge on any atom is -0.496 e. The van der Waals surface area contributed by atoms with Gasteiger partial charge in [-0.1, -0.05) is 35.9 Å². The lowest BCUT2D eigenvalue weighted by atomic mass is 9.82. The van der Waals surface area contributed by atoms with E-state index < -0.39 is 6.04 Å². The van der Waals surface area contributed by atoms with Crippen molar-refractivity contribution < 1.29 is 19.1 Å². The molecule has 0 aromatic heterocycles. The molecule has 2 amide bonds. The van der Waals surface area contributed by atoms with Gasteiger partial charge in [-0.2, -0.15) is 0 Å². The number of nitrogens with zero attached hydrogens (tertiary/aromatic N) is 2. The Bertz CT molecular complexity index is 953. The first-order valence-electron chi connectivity index (χ1n) is 11.4. The molecule has 2 aliphatic heterocycles. The van der Waals surface area contributed by atoms with Crippen molar-refractivity contribution in [1.29, 1.82) is 0 Å². The van der Waals surface area contributed by atoms with Gasteiger partial charge in [-0.05, 0) is 44.4 Å².